The summed E-state index contributed by atoms with van der Waals surface area (Å²) in [6.07, 6.45) is 5.79. The predicted molar refractivity (Wildman–Crippen MR) is 53.6 cm³/mol. The molecule has 1 aromatic rings. The van der Waals surface area contributed by atoms with E-state index in [1.54, 1.807) is 0 Å². The molecule has 0 saturated carbocycles. The average molecular weight is 181 g/mol. The SMILES string of the molecule is CCCCCn1cc(C(C)C)nn1. The second-order valence-electron chi connectivity index (χ2n) is 3.77. The Bertz CT molecular complexity index is 240. The van der Waals surface area contributed by atoms with Crippen LogP contribution in [0.4, 0.5) is 0 Å². The van der Waals surface area contributed by atoms with Crippen LogP contribution in [-0.4, -0.2) is 15.0 Å². The van der Waals surface area contributed by atoms with E-state index in [-0.39, 0.29) is 0 Å². The van der Waals surface area contributed by atoms with Crippen LogP contribution in [0.1, 0.15) is 51.6 Å². The summed E-state index contributed by atoms with van der Waals surface area (Å²) in [5, 5.41) is 8.18. The maximum absolute atomic E-state index is 4.11. The third kappa shape index (κ3) is 3.17. The molecule has 3 nitrogen and oxygen atoms in total. The smallest absolute Gasteiger partial charge is 0.0852 e. The lowest BCUT2D eigenvalue weighted by molar-refractivity contribution is 0.537. The van der Waals surface area contributed by atoms with E-state index in [0.717, 1.165) is 12.2 Å². The first kappa shape index (κ1) is 10.2. The molecular weight excluding hydrogens is 162 g/mol. The van der Waals surface area contributed by atoms with Gasteiger partial charge < -0.3 is 0 Å². The van der Waals surface area contributed by atoms with Gasteiger partial charge in [0.05, 0.1) is 5.69 Å². The van der Waals surface area contributed by atoms with Gasteiger partial charge in [-0.1, -0.05) is 38.8 Å². The molecule has 1 rings (SSSR count). The van der Waals surface area contributed by atoms with Crippen LogP contribution in [0, 0.1) is 0 Å². The van der Waals surface area contributed by atoms with Crippen LogP contribution in [0.2, 0.25) is 0 Å². The second-order valence-corrected chi connectivity index (χ2v) is 3.77. The van der Waals surface area contributed by atoms with Gasteiger partial charge in [-0.25, -0.2) is 0 Å². The van der Waals surface area contributed by atoms with Crippen LogP contribution >= 0.6 is 0 Å². The number of unbranched alkanes of at least 4 members (excludes halogenated alkanes) is 2. The summed E-state index contributed by atoms with van der Waals surface area (Å²) in [5.41, 5.74) is 1.09. The molecule has 0 aliphatic carbocycles. The first-order chi connectivity index (χ1) is 6.24. The van der Waals surface area contributed by atoms with Crippen molar-refractivity contribution < 1.29 is 0 Å². The molecule has 0 saturated heterocycles. The molecule has 0 radical (unpaired) electrons. The van der Waals surface area contributed by atoms with E-state index in [9.17, 15) is 0 Å². The van der Waals surface area contributed by atoms with E-state index in [0.29, 0.717) is 5.92 Å². The monoisotopic (exact) mass is 181 g/mol. The molecule has 0 N–H and O–H groups in total. The highest BCUT2D eigenvalue weighted by Gasteiger charge is 2.03. The van der Waals surface area contributed by atoms with Crippen molar-refractivity contribution in [3.05, 3.63) is 11.9 Å². The van der Waals surface area contributed by atoms with Crippen molar-refractivity contribution in [3.8, 4) is 0 Å². The normalized spacial score (nSPS) is 11.1. The van der Waals surface area contributed by atoms with Crippen LogP contribution in [0.3, 0.4) is 0 Å². The Morgan fingerprint density at radius 3 is 2.69 bits per heavy atom. The molecule has 0 bridgehead atoms. The van der Waals surface area contributed by atoms with Crippen molar-refractivity contribution in [2.45, 2.75) is 52.5 Å². The highest BCUT2D eigenvalue weighted by atomic mass is 15.4. The third-order valence-corrected chi connectivity index (χ3v) is 2.14. The number of aryl methyl sites for hydroxylation is 1. The van der Waals surface area contributed by atoms with Gasteiger partial charge in [-0.15, -0.1) is 5.10 Å². The van der Waals surface area contributed by atoms with Crippen LogP contribution in [-0.2, 0) is 6.54 Å². The minimum absolute atomic E-state index is 0.486. The number of rotatable bonds is 5. The zero-order chi connectivity index (χ0) is 9.68. The first-order valence-corrected chi connectivity index (χ1v) is 5.14. The van der Waals surface area contributed by atoms with Gasteiger partial charge in [0.15, 0.2) is 0 Å². The maximum atomic E-state index is 4.11. The van der Waals surface area contributed by atoms with Crippen molar-refractivity contribution in [1.82, 2.24) is 15.0 Å². The molecule has 3 heteroatoms. The predicted octanol–water partition coefficient (Wildman–Crippen LogP) is 2.59. The second kappa shape index (κ2) is 5.00. The fourth-order valence-corrected chi connectivity index (χ4v) is 1.21. The van der Waals surface area contributed by atoms with Crippen molar-refractivity contribution in [3.63, 3.8) is 0 Å². The lowest BCUT2D eigenvalue weighted by atomic mass is 10.2. The summed E-state index contributed by atoms with van der Waals surface area (Å²) in [4.78, 5) is 0. The van der Waals surface area contributed by atoms with Crippen LogP contribution in [0.5, 0.6) is 0 Å². The average Bonchev–Trinajstić information content (AvgIpc) is 2.53. The Labute approximate surface area is 80.1 Å². The number of nitrogens with zero attached hydrogens (tertiary/aromatic N) is 3. The Hall–Kier alpha value is -0.860. The van der Waals surface area contributed by atoms with Gasteiger partial charge in [0.2, 0.25) is 0 Å². The lowest BCUT2D eigenvalue weighted by Gasteiger charge is -1.98. The molecule has 0 amide bonds. The van der Waals surface area contributed by atoms with E-state index < -0.39 is 0 Å². The molecule has 1 heterocycles. The van der Waals surface area contributed by atoms with E-state index >= 15 is 0 Å². The topological polar surface area (TPSA) is 30.7 Å². The molecule has 0 aromatic carbocycles. The molecule has 0 aliphatic heterocycles. The summed E-state index contributed by atoms with van der Waals surface area (Å²) in [6.45, 7) is 7.50. The molecule has 0 spiro atoms. The Kier molecular flexibility index (Phi) is 3.93. The van der Waals surface area contributed by atoms with Crippen molar-refractivity contribution >= 4 is 0 Å². The van der Waals surface area contributed by atoms with E-state index in [4.69, 9.17) is 0 Å². The van der Waals surface area contributed by atoms with Gasteiger partial charge in [0.25, 0.3) is 0 Å². The van der Waals surface area contributed by atoms with E-state index in [1.807, 2.05) is 4.68 Å². The number of hydrogen-bond acceptors (Lipinski definition) is 2. The molecule has 13 heavy (non-hydrogen) atoms. The molecule has 0 aliphatic rings. The molecule has 1 aromatic heterocycles. The van der Waals surface area contributed by atoms with Crippen molar-refractivity contribution in [1.29, 1.82) is 0 Å². The fraction of sp³-hybridized carbons (Fsp3) is 0.800. The summed E-state index contributed by atoms with van der Waals surface area (Å²) in [5.74, 6) is 0.486. The summed E-state index contributed by atoms with van der Waals surface area (Å²) in [7, 11) is 0. The molecular formula is C10H19N3. The highest BCUT2D eigenvalue weighted by molar-refractivity contribution is 4.97. The van der Waals surface area contributed by atoms with E-state index in [1.165, 1.54) is 19.3 Å². The molecule has 0 fully saturated rings. The zero-order valence-electron chi connectivity index (χ0n) is 8.82. The molecule has 0 unspecified atom stereocenters. The lowest BCUT2D eigenvalue weighted by Crippen LogP contribution is -1.98. The van der Waals surface area contributed by atoms with Gasteiger partial charge in [-0.3, -0.25) is 4.68 Å². The summed E-state index contributed by atoms with van der Waals surface area (Å²) in [6, 6.07) is 0. The zero-order valence-corrected chi connectivity index (χ0v) is 8.82. The standard InChI is InChI=1S/C10H19N3/c1-4-5-6-7-13-8-10(9(2)3)11-12-13/h8-9H,4-7H2,1-3H3. The maximum Gasteiger partial charge on any atom is 0.0852 e. The summed E-state index contributed by atoms with van der Waals surface area (Å²) < 4.78 is 1.95. The van der Waals surface area contributed by atoms with Gasteiger partial charge in [-0.05, 0) is 12.3 Å². The Morgan fingerprint density at radius 2 is 2.15 bits per heavy atom. The van der Waals surface area contributed by atoms with Gasteiger partial charge in [0, 0.05) is 12.7 Å². The van der Waals surface area contributed by atoms with Crippen LogP contribution < -0.4 is 0 Å². The Balaban J connectivity index is 2.40. The van der Waals surface area contributed by atoms with Gasteiger partial charge in [-0.2, -0.15) is 0 Å². The van der Waals surface area contributed by atoms with Crippen molar-refractivity contribution in [2.24, 2.45) is 0 Å². The van der Waals surface area contributed by atoms with Crippen molar-refractivity contribution in [2.75, 3.05) is 0 Å². The van der Waals surface area contributed by atoms with E-state index in [2.05, 4.69) is 37.3 Å². The molecule has 0 atom stereocenters. The minimum Gasteiger partial charge on any atom is -0.252 e. The highest BCUT2D eigenvalue weighted by Crippen LogP contribution is 2.09. The number of hydrogen-bond donors (Lipinski definition) is 0. The van der Waals surface area contributed by atoms with Crippen LogP contribution in [0.15, 0.2) is 6.20 Å². The Morgan fingerprint density at radius 1 is 1.38 bits per heavy atom. The third-order valence-electron chi connectivity index (χ3n) is 2.14. The van der Waals surface area contributed by atoms with Crippen LogP contribution in [0.25, 0.3) is 0 Å². The number of aromatic nitrogens is 3. The largest absolute Gasteiger partial charge is 0.252 e. The summed E-state index contributed by atoms with van der Waals surface area (Å²) >= 11 is 0. The fourth-order valence-electron chi connectivity index (χ4n) is 1.21. The minimum atomic E-state index is 0.486. The molecule has 74 valence electrons. The first-order valence-electron chi connectivity index (χ1n) is 5.14. The quantitative estimate of drug-likeness (QED) is 0.654. The van der Waals surface area contributed by atoms with Gasteiger partial charge >= 0.3 is 0 Å². The van der Waals surface area contributed by atoms with Gasteiger partial charge in [0.1, 0.15) is 0 Å².